The fourth-order valence-electron chi connectivity index (χ4n) is 4.03. The molecule has 2 aromatic rings. The van der Waals surface area contributed by atoms with Crippen LogP contribution >= 0.6 is 0 Å². The Balaban J connectivity index is 1.78. The number of nitrogens with one attached hydrogen (secondary N) is 1. The Morgan fingerprint density at radius 3 is 2.52 bits per heavy atom. The maximum atomic E-state index is 13.1. The van der Waals surface area contributed by atoms with E-state index in [1.54, 1.807) is 6.07 Å². The third kappa shape index (κ3) is 5.17. The molecule has 1 aromatic carbocycles. The summed E-state index contributed by atoms with van der Waals surface area (Å²) in [5.74, 6) is -1.37. The van der Waals surface area contributed by atoms with Gasteiger partial charge in [-0.3, -0.25) is 14.4 Å². The number of nitrogens with two attached hydrogens (primary N) is 2. The van der Waals surface area contributed by atoms with Crippen LogP contribution in [-0.4, -0.2) is 57.4 Å². The highest BCUT2D eigenvalue weighted by molar-refractivity contribution is 5.96. The molecule has 1 saturated heterocycles. The van der Waals surface area contributed by atoms with Crippen molar-refractivity contribution >= 4 is 28.8 Å². The van der Waals surface area contributed by atoms with Crippen LogP contribution in [0.4, 0.5) is 0 Å². The Morgan fingerprint density at radius 1 is 1.21 bits per heavy atom. The first kappa shape index (κ1) is 24.7. The summed E-state index contributed by atoms with van der Waals surface area (Å²) in [4.78, 5) is 43.1. The van der Waals surface area contributed by atoms with Gasteiger partial charge in [0, 0.05) is 12.1 Å². The van der Waals surface area contributed by atoms with Gasteiger partial charge in [0.1, 0.15) is 11.6 Å². The number of hydrogen-bond acceptors (Lipinski definition) is 7. The average molecular weight is 460 g/mol. The van der Waals surface area contributed by atoms with E-state index in [-0.39, 0.29) is 35.1 Å². The number of aromatic nitrogens is 1. The molecular formula is C23H33N5O5. The lowest BCUT2D eigenvalue weighted by Crippen LogP contribution is -2.55. The van der Waals surface area contributed by atoms with Gasteiger partial charge in [-0.2, -0.15) is 0 Å². The molecule has 1 fully saturated rings. The topological polar surface area (TPSA) is 165 Å². The van der Waals surface area contributed by atoms with Crippen molar-refractivity contribution in [3.8, 4) is 0 Å². The van der Waals surface area contributed by atoms with Crippen LogP contribution in [-0.2, 0) is 9.59 Å². The van der Waals surface area contributed by atoms with E-state index in [9.17, 15) is 19.5 Å². The van der Waals surface area contributed by atoms with E-state index in [1.807, 2.05) is 27.7 Å². The third-order valence-electron chi connectivity index (χ3n) is 6.15. The van der Waals surface area contributed by atoms with Gasteiger partial charge < -0.3 is 31.2 Å². The summed E-state index contributed by atoms with van der Waals surface area (Å²) in [6, 6.07) is 2.54. The van der Waals surface area contributed by atoms with Gasteiger partial charge in [0.2, 0.25) is 23.6 Å². The number of rotatable bonds is 8. The maximum absolute atomic E-state index is 13.1. The van der Waals surface area contributed by atoms with Gasteiger partial charge in [0.05, 0.1) is 12.1 Å². The molecule has 1 unspecified atom stereocenters. The molecule has 180 valence electrons. The molecule has 2 heterocycles. The van der Waals surface area contributed by atoms with Crippen LogP contribution in [0.5, 0.6) is 0 Å². The lowest BCUT2D eigenvalue weighted by Gasteiger charge is -2.31. The van der Waals surface area contributed by atoms with Crippen molar-refractivity contribution < 1.29 is 23.9 Å². The van der Waals surface area contributed by atoms with E-state index in [0.717, 1.165) is 0 Å². The number of carbonyl (C=O) groups excluding carboxylic acids is 3. The number of nitrogens with zero attached hydrogens (tertiary/aromatic N) is 2. The van der Waals surface area contributed by atoms with Gasteiger partial charge in [0.25, 0.3) is 0 Å². The molecule has 0 spiro atoms. The quantitative estimate of drug-likeness (QED) is 0.458. The Labute approximate surface area is 192 Å². The van der Waals surface area contributed by atoms with Gasteiger partial charge in [-0.15, -0.1) is 0 Å². The zero-order valence-corrected chi connectivity index (χ0v) is 19.4. The van der Waals surface area contributed by atoms with Crippen molar-refractivity contribution in [1.82, 2.24) is 15.2 Å². The molecule has 1 aliphatic heterocycles. The molecule has 0 bridgehead atoms. The number of amides is 3. The van der Waals surface area contributed by atoms with Crippen LogP contribution in [0.1, 0.15) is 62.9 Å². The minimum Gasteiger partial charge on any atom is -0.438 e. The van der Waals surface area contributed by atoms with E-state index < -0.39 is 30.1 Å². The summed E-state index contributed by atoms with van der Waals surface area (Å²) >= 11 is 0. The molecule has 0 radical (unpaired) electrons. The lowest BCUT2D eigenvalue weighted by atomic mass is 9.97. The number of primary amides is 1. The van der Waals surface area contributed by atoms with Crippen LogP contribution in [0, 0.1) is 11.8 Å². The highest BCUT2D eigenvalue weighted by Gasteiger charge is 2.39. The third-order valence-corrected chi connectivity index (χ3v) is 6.15. The summed E-state index contributed by atoms with van der Waals surface area (Å²) in [7, 11) is 0. The molecular weight excluding hydrogens is 426 g/mol. The molecule has 4 atom stereocenters. The van der Waals surface area contributed by atoms with Crippen LogP contribution in [0.3, 0.4) is 0 Å². The molecule has 0 saturated carbocycles. The second-order valence-electron chi connectivity index (χ2n) is 9.28. The second-order valence-corrected chi connectivity index (χ2v) is 9.28. The van der Waals surface area contributed by atoms with Gasteiger partial charge >= 0.3 is 0 Å². The minimum absolute atomic E-state index is 0.0202. The Morgan fingerprint density at radius 2 is 1.91 bits per heavy atom. The van der Waals surface area contributed by atoms with E-state index >= 15 is 0 Å². The number of oxazole rings is 1. The predicted octanol–water partition coefficient (Wildman–Crippen LogP) is 1.08. The summed E-state index contributed by atoms with van der Waals surface area (Å²) < 4.78 is 5.67. The average Bonchev–Trinajstić information content (AvgIpc) is 3.42. The zero-order chi connectivity index (χ0) is 24.4. The number of likely N-dealkylation sites (tertiary alicyclic amines) is 1. The smallest absolute Gasteiger partial charge is 0.248 e. The largest absolute Gasteiger partial charge is 0.438 e. The minimum atomic E-state index is -1.23. The number of carbonyl (C=O) groups is 3. The Hall–Kier alpha value is -2.98. The van der Waals surface area contributed by atoms with E-state index in [1.165, 1.54) is 17.0 Å². The van der Waals surface area contributed by atoms with Crippen LogP contribution in [0.15, 0.2) is 22.6 Å². The van der Waals surface area contributed by atoms with Gasteiger partial charge in [-0.25, -0.2) is 4.98 Å². The molecule has 3 rings (SSSR count). The first-order chi connectivity index (χ1) is 15.5. The normalized spacial score (nSPS) is 19.2. The molecule has 10 nitrogen and oxygen atoms in total. The Bertz CT molecular complexity index is 1030. The van der Waals surface area contributed by atoms with Crippen molar-refractivity contribution in [3.63, 3.8) is 0 Å². The molecule has 10 heteroatoms. The molecule has 1 aromatic heterocycles. The number of aliphatic hydroxyl groups is 1. The fraction of sp³-hybridized carbons (Fsp3) is 0.565. The lowest BCUT2D eigenvalue weighted by molar-refractivity contribution is -0.140. The van der Waals surface area contributed by atoms with Gasteiger partial charge in [-0.05, 0) is 42.9 Å². The summed E-state index contributed by atoms with van der Waals surface area (Å²) in [5, 5.41) is 13.9. The van der Waals surface area contributed by atoms with Crippen molar-refractivity contribution in [2.45, 2.75) is 64.8 Å². The Kier molecular flexibility index (Phi) is 7.38. The first-order valence-corrected chi connectivity index (χ1v) is 11.3. The number of hydrogen-bond donors (Lipinski definition) is 4. The molecule has 3 amide bonds. The second kappa shape index (κ2) is 9.88. The SMILES string of the molecule is CC(C)[C@H](NC(=O)[C@@H]1CCCN1C(=O)[C@@H](N)C(C)C)C(O)c1nc2cc(C(N)=O)ccc2o1. The maximum Gasteiger partial charge on any atom is 0.248 e. The van der Waals surface area contributed by atoms with Gasteiger partial charge in [0.15, 0.2) is 11.7 Å². The van der Waals surface area contributed by atoms with Crippen LogP contribution in [0.2, 0.25) is 0 Å². The zero-order valence-electron chi connectivity index (χ0n) is 19.4. The van der Waals surface area contributed by atoms with E-state index in [4.69, 9.17) is 15.9 Å². The van der Waals surface area contributed by atoms with Crippen molar-refractivity contribution in [2.24, 2.45) is 23.3 Å². The highest BCUT2D eigenvalue weighted by Crippen LogP contribution is 2.27. The molecule has 1 aliphatic rings. The summed E-state index contributed by atoms with van der Waals surface area (Å²) in [6.07, 6.45) is 0.000672. The molecule has 0 aliphatic carbocycles. The van der Waals surface area contributed by atoms with E-state index in [2.05, 4.69) is 10.3 Å². The molecule has 33 heavy (non-hydrogen) atoms. The van der Waals surface area contributed by atoms with Crippen molar-refractivity contribution in [3.05, 3.63) is 29.7 Å². The fourth-order valence-corrected chi connectivity index (χ4v) is 4.03. The van der Waals surface area contributed by atoms with E-state index in [0.29, 0.717) is 30.5 Å². The number of fused-ring (bicyclic) bond motifs is 1. The highest BCUT2D eigenvalue weighted by atomic mass is 16.4. The summed E-state index contributed by atoms with van der Waals surface area (Å²) in [5.41, 5.74) is 12.4. The number of aliphatic hydroxyl groups excluding tert-OH is 1. The van der Waals surface area contributed by atoms with Crippen LogP contribution < -0.4 is 16.8 Å². The molecule has 6 N–H and O–H groups in total. The van der Waals surface area contributed by atoms with Crippen molar-refractivity contribution in [1.29, 1.82) is 0 Å². The van der Waals surface area contributed by atoms with Crippen molar-refractivity contribution in [2.75, 3.05) is 6.54 Å². The van der Waals surface area contributed by atoms with Crippen LogP contribution in [0.25, 0.3) is 11.1 Å². The standard InChI is InChI=1S/C23H33N5O5/c1-11(2)17(24)23(32)28-9-5-6-15(28)21(31)27-18(12(3)4)19(29)22-26-14-10-13(20(25)30)7-8-16(14)33-22/h7-8,10-12,15,17-19,29H,5-6,9,24H2,1-4H3,(H2,25,30)(H,27,31)/t15-,17-,18-,19?/m0/s1. The van der Waals surface area contributed by atoms with Gasteiger partial charge in [-0.1, -0.05) is 27.7 Å². The monoisotopic (exact) mass is 459 g/mol. The summed E-state index contributed by atoms with van der Waals surface area (Å²) in [6.45, 7) is 7.92. The number of benzene rings is 1. The first-order valence-electron chi connectivity index (χ1n) is 11.3. The predicted molar refractivity (Wildman–Crippen MR) is 122 cm³/mol.